The van der Waals surface area contributed by atoms with Crippen LogP contribution in [-0.2, 0) is 11.3 Å². The molecule has 1 aromatic rings. The molecule has 0 saturated carbocycles. The highest BCUT2D eigenvalue weighted by atomic mass is 16.1. The molecule has 1 aromatic carbocycles. The number of hydrogen-bond acceptors (Lipinski definition) is 2. The Morgan fingerprint density at radius 1 is 1.18 bits per heavy atom. The zero-order valence-electron chi connectivity index (χ0n) is 10.9. The number of carbonyl (C=O) groups is 1. The van der Waals surface area contributed by atoms with Gasteiger partial charge in [-0.3, -0.25) is 4.79 Å². The molecule has 0 heterocycles. The first-order valence-electron chi connectivity index (χ1n) is 5.99. The summed E-state index contributed by atoms with van der Waals surface area (Å²) in [5, 5.41) is 6.03. The Morgan fingerprint density at radius 3 is 2.41 bits per heavy atom. The molecule has 3 heteroatoms. The van der Waals surface area contributed by atoms with Crippen molar-refractivity contribution in [3.8, 4) is 0 Å². The molecule has 0 spiro atoms. The van der Waals surface area contributed by atoms with Crippen molar-refractivity contribution in [2.45, 2.75) is 27.3 Å². The lowest BCUT2D eigenvalue weighted by Crippen LogP contribution is -2.37. The summed E-state index contributed by atoms with van der Waals surface area (Å²) in [6, 6.07) is 9.92. The van der Waals surface area contributed by atoms with E-state index < -0.39 is 0 Å². The lowest BCUT2D eigenvalue weighted by Gasteiger charge is -2.18. The third-order valence-electron chi connectivity index (χ3n) is 2.27. The maximum absolute atomic E-state index is 11.5. The van der Waals surface area contributed by atoms with E-state index in [1.807, 2.05) is 30.3 Å². The van der Waals surface area contributed by atoms with E-state index >= 15 is 0 Å². The minimum absolute atomic E-state index is 0.0399. The molecule has 3 nitrogen and oxygen atoms in total. The second kappa shape index (κ2) is 6.40. The van der Waals surface area contributed by atoms with Crippen LogP contribution >= 0.6 is 0 Å². The second-order valence-corrected chi connectivity index (χ2v) is 5.43. The van der Waals surface area contributed by atoms with E-state index in [9.17, 15) is 4.79 Å². The molecule has 0 unspecified atom stereocenters. The van der Waals surface area contributed by atoms with E-state index in [4.69, 9.17) is 0 Å². The minimum Gasteiger partial charge on any atom is -0.351 e. The number of amides is 1. The van der Waals surface area contributed by atoms with Crippen molar-refractivity contribution in [3.63, 3.8) is 0 Å². The number of carbonyl (C=O) groups excluding carboxylic acids is 1. The Bertz CT molecular complexity index is 341. The van der Waals surface area contributed by atoms with E-state index in [0.29, 0.717) is 13.1 Å². The first-order valence-corrected chi connectivity index (χ1v) is 5.99. The molecule has 1 amide bonds. The summed E-state index contributed by atoms with van der Waals surface area (Å²) in [6.07, 6.45) is 0. The monoisotopic (exact) mass is 234 g/mol. The number of nitrogens with one attached hydrogen (secondary N) is 2. The van der Waals surface area contributed by atoms with Crippen LogP contribution in [0.25, 0.3) is 0 Å². The van der Waals surface area contributed by atoms with Crippen molar-refractivity contribution in [3.05, 3.63) is 35.9 Å². The van der Waals surface area contributed by atoms with Gasteiger partial charge in [-0.2, -0.15) is 0 Å². The topological polar surface area (TPSA) is 41.1 Å². The lowest BCUT2D eigenvalue weighted by atomic mass is 9.97. The van der Waals surface area contributed by atoms with Gasteiger partial charge in [0.25, 0.3) is 0 Å². The molecule has 17 heavy (non-hydrogen) atoms. The van der Waals surface area contributed by atoms with Gasteiger partial charge in [-0.25, -0.2) is 0 Å². The molecule has 0 aliphatic rings. The van der Waals surface area contributed by atoms with Gasteiger partial charge in [0.15, 0.2) is 0 Å². The van der Waals surface area contributed by atoms with Crippen molar-refractivity contribution in [2.24, 2.45) is 5.41 Å². The fourth-order valence-electron chi connectivity index (χ4n) is 1.41. The molecule has 2 N–H and O–H groups in total. The van der Waals surface area contributed by atoms with E-state index in [-0.39, 0.29) is 11.3 Å². The lowest BCUT2D eigenvalue weighted by molar-refractivity contribution is -0.120. The Kier molecular flexibility index (Phi) is 5.16. The van der Waals surface area contributed by atoms with E-state index in [1.54, 1.807) is 0 Å². The third kappa shape index (κ3) is 6.74. The summed E-state index contributed by atoms with van der Waals surface area (Å²) in [5.41, 5.74) is 1.33. The molecule has 94 valence electrons. The average Bonchev–Trinajstić information content (AvgIpc) is 2.26. The highest BCUT2D eigenvalue weighted by Crippen LogP contribution is 2.09. The van der Waals surface area contributed by atoms with Gasteiger partial charge in [0, 0.05) is 13.1 Å². The van der Waals surface area contributed by atoms with Crippen molar-refractivity contribution < 1.29 is 4.79 Å². The molecule has 0 aromatic heterocycles. The Labute approximate surface area is 104 Å². The van der Waals surface area contributed by atoms with Crippen LogP contribution in [0.4, 0.5) is 0 Å². The molecule has 0 saturated heterocycles. The van der Waals surface area contributed by atoms with Crippen molar-refractivity contribution in [1.29, 1.82) is 0 Å². The quantitative estimate of drug-likeness (QED) is 0.817. The molecule has 0 atom stereocenters. The van der Waals surface area contributed by atoms with Crippen LogP contribution in [0.15, 0.2) is 30.3 Å². The zero-order valence-corrected chi connectivity index (χ0v) is 10.9. The molecular weight excluding hydrogens is 212 g/mol. The highest BCUT2D eigenvalue weighted by molar-refractivity contribution is 5.77. The molecule has 0 fully saturated rings. The summed E-state index contributed by atoms with van der Waals surface area (Å²) in [7, 11) is 0. The summed E-state index contributed by atoms with van der Waals surface area (Å²) in [5.74, 6) is 0.0399. The molecule has 0 radical (unpaired) electrons. The van der Waals surface area contributed by atoms with Gasteiger partial charge in [0.1, 0.15) is 0 Å². The molecule has 0 bridgehead atoms. The van der Waals surface area contributed by atoms with E-state index in [2.05, 4.69) is 31.4 Å². The summed E-state index contributed by atoms with van der Waals surface area (Å²) in [6.45, 7) is 8.23. The van der Waals surface area contributed by atoms with Crippen LogP contribution in [0, 0.1) is 5.41 Å². The van der Waals surface area contributed by atoms with Crippen LogP contribution in [0.3, 0.4) is 0 Å². The van der Waals surface area contributed by atoms with Crippen LogP contribution in [-0.4, -0.2) is 19.0 Å². The summed E-state index contributed by atoms with van der Waals surface area (Å²) >= 11 is 0. The maximum Gasteiger partial charge on any atom is 0.234 e. The van der Waals surface area contributed by atoms with Crippen LogP contribution in [0.5, 0.6) is 0 Å². The van der Waals surface area contributed by atoms with E-state index in [1.165, 1.54) is 0 Å². The van der Waals surface area contributed by atoms with Crippen molar-refractivity contribution in [2.75, 3.05) is 13.1 Å². The van der Waals surface area contributed by atoms with Gasteiger partial charge >= 0.3 is 0 Å². The smallest absolute Gasteiger partial charge is 0.234 e. The van der Waals surface area contributed by atoms with Crippen LogP contribution in [0.1, 0.15) is 26.3 Å². The molecular formula is C14H22N2O. The van der Waals surface area contributed by atoms with Crippen LogP contribution < -0.4 is 10.6 Å². The Morgan fingerprint density at radius 2 is 1.82 bits per heavy atom. The average molecular weight is 234 g/mol. The maximum atomic E-state index is 11.5. The van der Waals surface area contributed by atoms with E-state index in [0.717, 1.165) is 12.1 Å². The molecule has 1 rings (SSSR count). The van der Waals surface area contributed by atoms with Crippen molar-refractivity contribution >= 4 is 5.91 Å². The normalized spacial score (nSPS) is 11.2. The van der Waals surface area contributed by atoms with Gasteiger partial charge in [0.2, 0.25) is 5.91 Å². The fourth-order valence-corrected chi connectivity index (χ4v) is 1.41. The Hall–Kier alpha value is -1.35. The first kappa shape index (κ1) is 13.7. The van der Waals surface area contributed by atoms with Gasteiger partial charge in [0.05, 0.1) is 6.54 Å². The van der Waals surface area contributed by atoms with Gasteiger partial charge in [-0.1, -0.05) is 51.1 Å². The summed E-state index contributed by atoms with van der Waals surface area (Å²) < 4.78 is 0. The minimum atomic E-state index is 0.0399. The fraction of sp³-hybridized carbons (Fsp3) is 0.500. The standard InChI is InChI=1S/C14H22N2O/c1-14(2,3)11-15-10-13(17)16-9-12-7-5-4-6-8-12/h4-8,15H,9-11H2,1-3H3,(H,16,17). The van der Waals surface area contributed by atoms with Crippen molar-refractivity contribution in [1.82, 2.24) is 10.6 Å². The van der Waals surface area contributed by atoms with Gasteiger partial charge in [-0.15, -0.1) is 0 Å². The number of hydrogen-bond donors (Lipinski definition) is 2. The zero-order chi connectivity index (χ0) is 12.7. The highest BCUT2D eigenvalue weighted by Gasteiger charge is 2.10. The SMILES string of the molecule is CC(C)(C)CNCC(=O)NCc1ccccc1. The predicted molar refractivity (Wildman–Crippen MR) is 70.6 cm³/mol. The summed E-state index contributed by atoms with van der Waals surface area (Å²) in [4.78, 5) is 11.5. The van der Waals surface area contributed by atoms with Crippen LogP contribution in [0.2, 0.25) is 0 Å². The van der Waals surface area contributed by atoms with Gasteiger partial charge in [-0.05, 0) is 11.0 Å². The largest absolute Gasteiger partial charge is 0.351 e. The predicted octanol–water partition coefficient (Wildman–Crippen LogP) is 1.94. The number of rotatable bonds is 5. The molecule has 0 aliphatic carbocycles. The third-order valence-corrected chi connectivity index (χ3v) is 2.27. The first-order chi connectivity index (χ1) is 7.97. The van der Waals surface area contributed by atoms with Gasteiger partial charge < -0.3 is 10.6 Å². The molecule has 0 aliphatic heterocycles. The Balaban J connectivity index is 2.18. The second-order valence-electron chi connectivity index (χ2n) is 5.43. The number of benzene rings is 1.